The molecule has 0 amide bonds. The van der Waals surface area contributed by atoms with Crippen molar-refractivity contribution < 1.29 is 0 Å². The second kappa shape index (κ2) is 4.74. The van der Waals surface area contributed by atoms with E-state index < -0.39 is 0 Å². The predicted molar refractivity (Wildman–Crippen MR) is 74.7 cm³/mol. The van der Waals surface area contributed by atoms with Crippen LogP contribution in [0.2, 0.25) is 0 Å². The maximum absolute atomic E-state index is 5.87. The molecule has 2 aromatic carbocycles. The third kappa shape index (κ3) is 2.67. The smallest absolute Gasteiger partial charge is 0.0617 e. The van der Waals surface area contributed by atoms with Gasteiger partial charge in [0.1, 0.15) is 0 Å². The summed E-state index contributed by atoms with van der Waals surface area (Å²) in [5.74, 6) is 0. The van der Waals surface area contributed by atoms with Crippen LogP contribution in [0.1, 0.15) is 11.1 Å². The fourth-order valence-electron chi connectivity index (χ4n) is 1.60. The van der Waals surface area contributed by atoms with Crippen molar-refractivity contribution >= 4 is 17.1 Å². The van der Waals surface area contributed by atoms with Gasteiger partial charge in [-0.3, -0.25) is 0 Å². The van der Waals surface area contributed by atoms with Crippen LogP contribution in [-0.4, -0.2) is 0 Å². The van der Waals surface area contributed by atoms with Gasteiger partial charge in [0, 0.05) is 5.70 Å². The molecular weight excluding hydrogens is 208 g/mol. The van der Waals surface area contributed by atoms with Gasteiger partial charge in [-0.2, -0.15) is 0 Å². The van der Waals surface area contributed by atoms with E-state index in [4.69, 9.17) is 5.73 Å². The van der Waals surface area contributed by atoms with E-state index >= 15 is 0 Å². The minimum atomic E-state index is 0.723. The first kappa shape index (κ1) is 11.3. The van der Waals surface area contributed by atoms with Gasteiger partial charge < -0.3 is 11.1 Å². The van der Waals surface area contributed by atoms with Crippen molar-refractivity contribution in [2.24, 2.45) is 0 Å². The molecule has 3 N–H and O–H groups in total. The van der Waals surface area contributed by atoms with Crippen molar-refractivity contribution in [1.82, 2.24) is 0 Å². The highest BCUT2D eigenvalue weighted by molar-refractivity contribution is 5.80. The number of para-hydroxylation sites is 2. The Bertz CT molecular complexity index is 527. The molecule has 0 saturated heterocycles. The SMILES string of the molecule is C=C(Nc1ccccc1N)c1ccc(C)cc1. The van der Waals surface area contributed by atoms with E-state index in [9.17, 15) is 0 Å². The maximum atomic E-state index is 5.87. The lowest BCUT2D eigenvalue weighted by Gasteiger charge is -2.12. The van der Waals surface area contributed by atoms with E-state index in [2.05, 4.69) is 31.0 Å². The van der Waals surface area contributed by atoms with Crippen molar-refractivity contribution in [1.29, 1.82) is 0 Å². The summed E-state index contributed by atoms with van der Waals surface area (Å²) in [6, 6.07) is 15.9. The third-order valence-electron chi connectivity index (χ3n) is 2.65. The predicted octanol–water partition coefficient (Wildman–Crippen LogP) is 3.66. The van der Waals surface area contributed by atoms with Gasteiger partial charge in [0.25, 0.3) is 0 Å². The van der Waals surface area contributed by atoms with E-state index in [1.807, 2.05) is 36.4 Å². The Hall–Kier alpha value is -2.22. The van der Waals surface area contributed by atoms with Crippen LogP contribution in [0.25, 0.3) is 5.70 Å². The van der Waals surface area contributed by atoms with Crippen LogP contribution in [0.4, 0.5) is 11.4 Å². The molecule has 0 atom stereocenters. The van der Waals surface area contributed by atoms with Gasteiger partial charge in [0.05, 0.1) is 11.4 Å². The second-order valence-electron chi connectivity index (χ2n) is 4.06. The van der Waals surface area contributed by atoms with Crippen LogP contribution in [-0.2, 0) is 0 Å². The lowest BCUT2D eigenvalue weighted by molar-refractivity contribution is 1.44. The highest BCUT2D eigenvalue weighted by Crippen LogP contribution is 2.22. The highest BCUT2D eigenvalue weighted by Gasteiger charge is 2.01. The fourth-order valence-corrected chi connectivity index (χ4v) is 1.60. The van der Waals surface area contributed by atoms with Gasteiger partial charge >= 0.3 is 0 Å². The zero-order valence-electron chi connectivity index (χ0n) is 9.90. The van der Waals surface area contributed by atoms with Gasteiger partial charge in [-0.1, -0.05) is 48.5 Å². The Morgan fingerprint density at radius 1 is 1.06 bits per heavy atom. The number of rotatable bonds is 3. The quantitative estimate of drug-likeness (QED) is 0.781. The molecule has 0 fully saturated rings. The zero-order chi connectivity index (χ0) is 12.3. The summed E-state index contributed by atoms with van der Waals surface area (Å²) in [5.41, 5.74) is 10.6. The van der Waals surface area contributed by atoms with Gasteiger partial charge in [0.15, 0.2) is 0 Å². The highest BCUT2D eigenvalue weighted by atomic mass is 14.9. The first-order chi connectivity index (χ1) is 8.16. The normalized spacial score (nSPS) is 9.94. The Kier molecular flexibility index (Phi) is 3.15. The van der Waals surface area contributed by atoms with Crippen LogP contribution in [0.15, 0.2) is 55.1 Å². The lowest BCUT2D eigenvalue weighted by atomic mass is 10.1. The number of nitrogens with two attached hydrogens (primary N) is 1. The van der Waals surface area contributed by atoms with Crippen molar-refractivity contribution in [3.8, 4) is 0 Å². The van der Waals surface area contributed by atoms with E-state index in [0.717, 1.165) is 22.6 Å². The largest absolute Gasteiger partial charge is 0.397 e. The molecule has 17 heavy (non-hydrogen) atoms. The van der Waals surface area contributed by atoms with Gasteiger partial charge in [0.2, 0.25) is 0 Å². The Morgan fingerprint density at radius 3 is 2.35 bits per heavy atom. The number of nitrogen functional groups attached to an aromatic ring is 1. The Labute approximate surface area is 102 Å². The van der Waals surface area contributed by atoms with Crippen molar-refractivity contribution in [3.63, 3.8) is 0 Å². The van der Waals surface area contributed by atoms with Crippen LogP contribution < -0.4 is 11.1 Å². The molecule has 2 heteroatoms. The molecule has 2 rings (SSSR count). The van der Waals surface area contributed by atoms with Gasteiger partial charge in [-0.05, 0) is 24.6 Å². The average molecular weight is 224 g/mol. The second-order valence-corrected chi connectivity index (χ2v) is 4.06. The van der Waals surface area contributed by atoms with Gasteiger partial charge in [-0.25, -0.2) is 0 Å². The molecule has 0 heterocycles. The molecule has 0 unspecified atom stereocenters. The molecule has 0 aliphatic heterocycles. The van der Waals surface area contributed by atoms with Crippen molar-refractivity contribution in [3.05, 3.63) is 66.2 Å². The molecule has 0 saturated carbocycles. The lowest BCUT2D eigenvalue weighted by Crippen LogP contribution is -2.00. The number of hydrogen-bond donors (Lipinski definition) is 2. The monoisotopic (exact) mass is 224 g/mol. The summed E-state index contributed by atoms with van der Waals surface area (Å²) in [6.07, 6.45) is 0. The van der Waals surface area contributed by atoms with E-state index in [-0.39, 0.29) is 0 Å². The molecule has 2 aromatic rings. The third-order valence-corrected chi connectivity index (χ3v) is 2.65. The molecule has 0 aliphatic carbocycles. The van der Waals surface area contributed by atoms with Crippen LogP contribution >= 0.6 is 0 Å². The zero-order valence-corrected chi connectivity index (χ0v) is 9.90. The number of anilines is 2. The van der Waals surface area contributed by atoms with Crippen LogP contribution in [0, 0.1) is 6.92 Å². The van der Waals surface area contributed by atoms with Crippen LogP contribution in [0.3, 0.4) is 0 Å². The van der Waals surface area contributed by atoms with E-state index in [0.29, 0.717) is 0 Å². The topological polar surface area (TPSA) is 38.0 Å². The average Bonchev–Trinajstić information content (AvgIpc) is 2.33. The molecule has 2 nitrogen and oxygen atoms in total. The standard InChI is InChI=1S/C15H16N2/c1-11-7-9-13(10-8-11)12(2)17-15-6-4-3-5-14(15)16/h3-10,17H,2,16H2,1H3. The maximum Gasteiger partial charge on any atom is 0.0617 e. The summed E-state index contributed by atoms with van der Waals surface area (Å²) in [6.45, 7) is 6.09. The molecule has 0 radical (unpaired) electrons. The first-order valence-electron chi connectivity index (χ1n) is 5.54. The van der Waals surface area contributed by atoms with Gasteiger partial charge in [-0.15, -0.1) is 0 Å². The molecular formula is C15H16N2. The van der Waals surface area contributed by atoms with E-state index in [1.165, 1.54) is 5.56 Å². The molecule has 86 valence electrons. The Balaban J connectivity index is 2.17. The number of hydrogen-bond acceptors (Lipinski definition) is 2. The number of aryl methyl sites for hydroxylation is 1. The molecule has 0 aromatic heterocycles. The summed E-state index contributed by atoms with van der Waals surface area (Å²) >= 11 is 0. The summed E-state index contributed by atoms with van der Waals surface area (Å²) in [5, 5.41) is 3.23. The van der Waals surface area contributed by atoms with Crippen molar-refractivity contribution in [2.45, 2.75) is 6.92 Å². The number of nitrogens with one attached hydrogen (secondary N) is 1. The summed E-state index contributed by atoms with van der Waals surface area (Å²) in [7, 11) is 0. The van der Waals surface area contributed by atoms with Crippen molar-refractivity contribution in [2.75, 3.05) is 11.1 Å². The van der Waals surface area contributed by atoms with E-state index in [1.54, 1.807) is 0 Å². The minimum absolute atomic E-state index is 0.723. The molecule has 0 bridgehead atoms. The summed E-state index contributed by atoms with van der Waals surface area (Å²) < 4.78 is 0. The molecule has 0 aliphatic rings. The first-order valence-corrected chi connectivity index (χ1v) is 5.54. The number of benzene rings is 2. The minimum Gasteiger partial charge on any atom is -0.397 e. The van der Waals surface area contributed by atoms with Crippen LogP contribution in [0.5, 0.6) is 0 Å². The summed E-state index contributed by atoms with van der Waals surface area (Å²) in [4.78, 5) is 0. The fraction of sp³-hybridized carbons (Fsp3) is 0.0667. The molecule has 0 spiro atoms. The Morgan fingerprint density at radius 2 is 1.71 bits per heavy atom.